The highest BCUT2D eigenvalue weighted by Gasteiger charge is 2.35. The summed E-state index contributed by atoms with van der Waals surface area (Å²) >= 11 is 0. The van der Waals surface area contributed by atoms with Crippen molar-refractivity contribution in [2.75, 3.05) is 0 Å². The molecule has 0 aromatic heterocycles. The molecule has 1 aliphatic heterocycles. The molecule has 2 aliphatic rings. The van der Waals surface area contributed by atoms with Gasteiger partial charge in [0, 0.05) is 11.9 Å². The second-order valence-electron chi connectivity index (χ2n) is 3.57. The number of hydrogen-bond donors (Lipinski definition) is 2. The van der Waals surface area contributed by atoms with Crippen LogP contribution in [-0.4, -0.2) is 30.4 Å². The fraction of sp³-hybridized carbons (Fsp3) is 0.556. The zero-order valence-electron chi connectivity index (χ0n) is 7.72. The minimum Gasteiger partial charge on any atom is -0.400 e. The first-order valence-electron chi connectivity index (χ1n) is 4.62. The molecular formula is C9H13N3O2. The number of carbonyl (C=O) groups is 1. The SMILES string of the molecule is NC(=O)C1N=CC=C(N)C1OC1CC1. The number of amides is 1. The van der Waals surface area contributed by atoms with E-state index in [0.29, 0.717) is 5.70 Å². The summed E-state index contributed by atoms with van der Waals surface area (Å²) in [5, 5.41) is 0. The Morgan fingerprint density at radius 2 is 2.29 bits per heavy atom. The molecule has 1 heterocycles. The Bertz CT molecular complexity index is 307. The second kappa shape index (κ2) is 3.42. The Kier molecular flexibility index (Phi) is 2.25. The molecule has 2 atom stereocenters. The lowest BCUT2D eigenvalue weighted by atomic mass is 10.1. The molecule has 0 aromatic carbocycles. The molecule has 0 spiro atoms. The molecule has 0 radical (unpaired) electrons. The normalized spacial score (nSPS) is 31.3. The summed E-state index contributed by atoms with van der Waals surface area (Å²) in [5.41, 5.74) is 11.4. The topological polar surface area (TPSA) is 90.7 Å². The van der Waals surface area contributed by atoms with Crippen molar-refractivity contribution in [2.24, 2.45) is 16.5 Å². The third-order valence-corrected chi connectivity index (χ3v) is 2.28. The van der Waals surface area contributed by atoms with Crippen molar-refractivity contribution >= 4 is 12.1 Å². The van der Waals surface area contributed by atoms with Gasteiger partial charge in [0.05, 0.1) is 6.10 Å². The van der Waals surface area contributed by atoms with Gasteiger partial charge in [-0.05, 0) is 18.9 Å². The number of nitrogens with zero attached hydrogens (tertiary/aromatic N) is 1. The van der Waals surface area contributed by atoms with Crippen LogP contribution >= 0.6 is 0 Å². The van der Waals surface area contributed by atoms with E-state index in [2.05, 4.69) is 4.99 Å². The maximum absolute atomic E-state index is 11.1. The van der Waals surface area contributed by atoms with Gasteiger partial charge in [0.2, 0.25) is 5.91 Å². The Balaban J connectivity index is 2.10. The van der Waals surface area contributed by atoms with Gasteiger partial charge in [-0.15, -0.1) is 0 Å². The van der Waals surface area contributed by atoms with Gasteiger partial charge >= 0.3 is 0 Å². The van der Waals surface area contributed by atoms with Crippen LogP contribution in [0.2, 0.25) is 0 Å². The van der Waals surface area contributed by atoms with Gasteiger partial charge < -0.3 is 16.2 Å². The van der Waals surface area contributed by atoms with Crippen molar-refractivity contribution in [1.29, 1.82) is 0 Å². The molecule has 0 bridgehead atoms. The van der Waals surface area contributed by atoms with Crippen molar-refractivity contribution in [3.63, 3.8) is 0 Å². The molecule has 5 nitrogen and oxygen atoms in total. The van der Waals surface area contributed by atoms with E-state index in [0.717, 1.165) is 12.8 Å². The zero-order valence-corrected chi connectivity index (χ0v) is 7.72. The molecule has 0 aromatic rings. The third-order valence-electron chi connectivity index (χ3n) is 2.28. The highest BCUT2D eigenvalue weighted by molar-refractivity contribution is 5.86. The van der Waals surface area contributed by atoms with Crippen molar-refractivity contribution in [1.82, 2.24) is 0 Å². The molecule has 1 aliphatic carbocycles. The number of rotatable bonds is 3. The van der Waals surface area contributed by atoms with Gasteiger partial charge in [-0.1, -0.05) is 0 Å². The molecule has 2 rings (SSSR count). The first kappa shape index (κ1) is 9.21. The van der Waals surface area contributed by atoms with Crippen LogP contribution in [0, 0.1) is 0 Å². The number of hydrogen-bond acceptors (Lipinski definition) is 4. The van der Waals surface area contributed by atoms with Crippen LogP contribution in [-0.2, 0) is 9.53 Å². The van der Waals surface area contributed by atoms with Crippen molar-refractivity contribution in [2.45, 2.75) is 31.1 Å². The van der Waals surface area contributed by atoms with Crippen LogP contribution in [0.25, 0.3) is 0 Å². The number of aliphatic imine (C=N–C) groups is 1. The van der Waals surface area contributed by atoms with Gasteiger partial charge in [-0.2, -0.15) is 0 Å². The molecule has 2 unspecified atom stereocenters. The lowest BCUT2D eigenvalue weighted by Gasteiger charge is -2.24. The van der Waals surface area contributed by atoms with Gasteiger partial charge in [0.25, 0.3) is 0 Å². The Labute approximate surface area is 81.8 Å². The van der Waals surface area contributed by atoms with Crippen LogP contribution in [0.1, 0.15) is 12.8 Å². The summed E-state index contributed by atoms with van der Waals surface area (Å²) in [6, 6.07) is -0.666. The average Bonchev–Trinajstić information content (AvgIpc) is 2.91. The molecular weight excluding hydrogens is 182 g/mol. The summed E-state index contributed by atoms with van der Waals surface area (Å²) in [5.74, 6) is -0.497. The highest BCUT2D eigenvalue weighted by Crippen LogP contribution is 2.28. The molecule has 1 amide bonds. The van der Waals surface area contributed by atoms with E-state index in [1.165, 1.54) is 6.21 Å². The molecule has 5 heteroatoms. The fourth-order valence-corrected chi connectivity index (χ4v) is 1.36. The molecule has 1 saturated carbocycles. The number of ether oxygens (including phenoxy) is 1. The predicted octanol–water partition coefficient (Wildman–Crippen LogP) is -0.685. The van der Waals surface area contributed by atoms with E-state index in [9.17, 15) is 4.79 Å². The van der Waals surface area contributed by atoms with E-state index in [4.69, 9.17) is 16.2 Å². The number of nitrogens with two attached hydrogens (primary N) is 2. The highest BCUT2D eigenvalue weighted by atomic mass is 16.5. The minimum atomic E-state index is -0.666. The maximum Gasteiger partial charge on any atom is 0.245 e. The molecule has 1 fully saturated rings. The lowest BCUT2D eigenvalue weighted by molar-refractivity contribution is -0.122. The maximum atomic E-state index is 11.1. The predicted molar refractivity (Wildman–Crippen MR) is 51.6 cm³/mol. The van der Waals surface area contributed by atoms with E-state index in [1.807, 2.05) is 0 Å². The number of dihydropyridines is 1. The van der Waals surface area contributed by atoms with Crippen molar-refractivity contribution in [3.05, 3.63) is 11.8 Å². The summed E-state index contributed by atoms with van der Waals surface area (Å²) in [4.78, 5) is 15.0. The standard InChI is InChI=1S/C9H13N3O2/c10-6-3-4-12-7(9(11)13)8(6)14-5-1-2-5/h3-5,7-8H,1-2,10H2,(H2,11,13). The molecule has 76 valence electrons. The molecule has 4 N–H and O–H groups in total. The van der Waals surface area contributed by atoms with Gasteiger partial charge in [-0.3, -0.25) is 9.79 Å². The lowest BCUT2D eigenvalue weighted by Crippen LogP contribution is -2.44. The molecule has 14 heavy (non-hydrogen) atoms. The van der Waals surface area contributed by atoms with E-state index in [1.54, 1.807) is 6.08 Å². The summed E-state index contributed by atoms with van der Waals surface area (Å²) in [6.07, 6.45) is 4.95. The number of allylic oxidation sites excluding steroid dienone is 1. The van der Waals surface area contributed by atoms with Crippen molar-refractivity contribution in [3.8, 4) is 0 Å². The van der Waals surface area contributed by atoms with Crippen LogP contribution in [0.4, 0.5) is 0 Å². The van der Waals surface area contributed by atoms with Crippen molar-refractivity contribution < 1.29 is 9.53 Å². The average molecular weight is 195 g/mol. The van der Waals surface area contributed by atoms with Gasteiger partial charge in [0.1, 0.15) is 6.10 Å². The summed E-state index contributed by atoms with van der Waals surface area (Å²) < 4.78 is 5.58. The fourth-order valence-electron chi connectivity index (χ4n) is 1.36. The third kappa shape index (κ3) is 1.77. The van der Waals surface area contributed by atoms with Crippen LogP contribution < -0.4 is 11.5 Å². The smallest absolute Gasteiger partial charge is 0.245 e. The monoisotopic (exact) mass is 195 g/mol. The molecule has 0 saturated heterocycles. The number of carbonyl (C=O) groups excluding carboxylic acids is 1. The summed E-state index contributed by atoms with van der Waals surface area (Å²) in [7, 11) is 0. The van der Waals surface area contributed by atoms with Crippen LogP contribution in [0.5, 0.6) is 0 Å². The van der Waals surface area contributed by atoms with Crippen LogP contribution in [0.15, 0.2) is 16.8 Å². The van der Waals surface area contributed by atoms with E-state index in [-0.39, 0.29) is 6.10 Å². The Morgan fingerprint density at radius 1 is 1.57 bits per heavy atom. The minimum absolute atomic E-state index is 0.224. The quantitative estimate of drug-likeness (QED) is 0.624. The van der Waals surface area contributed by atoms with E-state index >= 15 is 0 Å². The Morgan fingerprint density at radius 3 is 2.86 bits per heavy atom. The first-order chi connectivity index (χ1) is 6.68. The van der Waals surface area contributed by atoms with Gasteiger partial charge in [0.15, 0.2) is 6.04 Å². The number of primary amides is 1. The second-order valence-corrected chi connectivity index (χ2v) is 3.57. The van der Waals surface area contributed by atoms with Gasteiger partial charge in [-0.25, -0.2) is 0 Å². The largest absolute Gasteiger partial charge is 0.400 e. The first-order valence-corrected chi connectivity index (χ1v) is 4.62. The van der Waals surface area contributed by atoms with E-state index < -0.39 is 18.1 Å². The van der Waals surface area contributed by atoms with Crippen LogP contribution in [0.3, 0.4) is 0 Å². The zero-order chi connectivity index (χ0) is 10.1. The summed E-state index contributed by atoms with van der Waals surface area (Å²) in [6.45, 7) is 0. The Hall–Kier alpha value is -1.36.